The molecular weight excluding hydrogens is 194 g/mol. The minimum atomic E-state index is -0.647. The van der Waals surface area contributed by atoms with E-state index in [1.54, 1.807) is 18.5 Å². The minimum absolute atomic E-state index is 0.135. The van der Waals surface area contributed by atoms with Gasteiger partial charge in [-0.25, -0.2) is 15.4 Å². The van der Waals surface area contributed by atoms with E-state index in [-0.39, 0.29) is 5.69 Å². The lowest BCUT2D eigenvalue weighted by Gasteiger charge is -2.03. The number of benzene rings is 1. The highest BCUT2D eigenvalue weighted by Gasteiger charge is 2.11. The van der Waals surface area contributed by atoms with Gasteiger partial charge in [-0.2, -0.15) is 0 Å². The number of hydrogen-bond acceptors (Lipinski definition) is 4. The third kappa shape index (κ3) is 1.64. The van der Waals surface area contributed by atoms with Crippen LogP contribution < -0.4 is 5.48 Å². The number of amides is 1. The van der Waals surface area contributed by atoms with Gasteiger partial charge in [0.2, 0.25) is 0 Å². The molecule has 0 aliphatic rings. The van der Waals surface area contributed by atoms with Gasteiger partial charge >= 0.3 is 0 Å². The van der Waals surface area contributed by atoms with Crippen LogP contribution in [0.1, 0.15) is 16.2 Å². The van der Waals surface area contributed by atoms with Crippen LogP contribution in [0.25, 0.3) is 11.0 Å². The summed E-state index contributed by atoms with van der Waals surface area (Å²) >= 11 is 0. The van der Waals surface area contributed by atoms with E-state index >= 15 is 0 Å². The van der Waals surface area contributed by atoms with Crippen LogP contribution in [0.3, 0.4) is 0 Å². The first kappa shape index (κ1) is 9.54. The standard InChI is InChI=1S/C10H9N3O2/c1-6-9(10(14)13-15)12-8-5-3-2-4-7(8)11-6/h2-5,15H,1H3,(H,13,14). The van der Waals surface area contributed by atoms with Crippen LogP contribution >= 0.6 is 0 Å². The number of carbonyl (C=O) groups is 1. The molecule has 2 rings (SSSR count). The fourth-order valence-electron chi connectivity index (χ4n) is 1.36. The molecule has 0 radical (unpaired) electrons. The lowest BCUT2D eigenvalue weighted by Crippen LogP contribution is -2.21. The van der Waals surface area contributed by atoms with E-state index in [9.17, 15) is 4.79 Å². The van der Waals surface area contributed by atoms with Gasteiger partial charge in [0.15, 0.2) is 5.69 Å². The Labute approximate surface area is 85.7 Å². The van der Waals surface area contributed by atoms with Crippen LogP contribution in [0.15, 0.2) is 24.3 Å². The number of nitrogens with zero attached hydrogens (tertiary/aromatic N) is 2. The molecule has 0 atom stereocenters. The summed E-state index contributed by atoms with van der Waals surface area (Å²) in [5.74, 6) is -0.647. The second-order valence-corrected chi connectivity index (χ2v) is 3.09. The summed E-state index contributed by atoms with van der Waals surface area (Å²) in [6.07, 6.45) is 0. The summed E-state index contributed by atoms with van der Waals surface area (Å²) in [5.41, 5.74) is 3.52. The molecule has 76 valence electrons. The molecule has 0 unspecified atom stereocenters. The summed E-state index contributed by atoms with van der Waals surface area (Å²) in [6, 6.07) is 7.24. The van der Waals surface area contributed by atoms with Crippen LogP contribution in [0, 0.1) is 6.92 Å². The third-order valence-corrected chi connectivity index (χ3v) is 2.06. The van der Waals surface area contributed by atoms with Gasteiger partial charge in [0, 0.05) is 0 Å². The predicted octanol–water partition coefficient (Wildman–Crippen LogP) is 1.06. The second-order valence-electron chi connectivity index (χ2n) is 3.09. The Morgan fingerprint density at radius 3 is 2.47 bits per heavy atom. The molecule has 5 heteroatoms. The summed E-state index contributed by atoms with van der Waals surface area (Å²) in [4.78, 5) is 19.5. The molecule has 0 spiro atoms. The number of para-hydroxylation sites is 2. The molecule has 0 saturated heterocycles. The fourth-order valence-corrected chi connectivity index (χ4v) is 1.36. The highest BCUT2D eigenvalue weighted by Crippen LogP contribution is 2.11. The Hall–Kier alpha value is -2.01. The molecule has 2 aromatic rings. The van der Waals surface area contributed by atoms with E-state index in [4.69, 9.17) is 5.21 Å². The Bertz CT molecular complexity index is 525. The van der Waals surface area contributed by atoms with E-state index in [2.05, 4.69) is 9.97 Å². The molecule has 1 aromatic carbocycles. The fraction of sp³-hybridized carbons (Fsp3) is 0.100. The first-order valence-electron chi connectivity index (χ1n) is 4.40. The monoisotopic (exact) mass is 203 g/mol. The van der Waals surface area contributed by atoms with Crippen molar-refractivity contribution in [2.75, 3.05) is 0 Å². The number of rotatable bonds is 1. The second kappa shape index (κ2) is 3.62. The van der Waals surface area contributed by atoms with Gasteiger partial charge in [-0.1, -0.05) is 12.1 Å². The first-order valence-corrected chi connectivity index (χ1v) is 4.40. The van der Waals surface area contributed by atoms with E-state index in [1.165, 1.54) is 0 Å². The lowest BCUT2D eigenvalue weighted by molar-refractivity contribution is 0.0700. The van der Waals surface area contributed by atoms with Crippen LogP contribution in [0.2, 0.25) is 0 Å². The molecule has 0 fully saturated rings. The maximum atomic E-state index is 11.2. The van der Waals surface area contributed by atoms with Gasteiger partial charge in [-0.3, -0.25) is 10.0 Å². The molecule has 2 N–H and O–H groups in total. The molecule has 0 aliphatic carbocycles. The maximum Gasteiger partial charge on any atom is 0.295 e. The molecule has 5 nitrogen and oxygen atoms in total. The molecule has 0 bridgehead atoms. The van der Waals surface area contributed by atoms with Gasteiger partial charge in [0.1, 0.15) is 0 Å². The maximum absolute atomic E-state index is 11.2. The normalized spacial score (nSPS) is 10.3. The van der Waals surface area contributed by atoms with E-state index in [0.717, 1.165) is 5.52 Å². The highest BCUT2D eigenvalue weighted by atomic mass is 16.5. The van der Waals surface area contributed by atoms with Crippen molar-refractivity contribution in [1.82, 2.24) is 15.4 Å². The number of carbonyl (C=O) groups excluding carboxylic acids is 1. The Morgan fingerprint density at radius 1 is 1.27 bits per heavy atom. The van der Waals surface area contributed by atoms with Gasteiger partial charge in [-0.15, -0.1) is 0 Å². The van der Waals surface area contributed by atoms with Gasteiger partial charge < -0.3 is 0 Å². The molecule has 15 heavy (non-hydrogen) atoms. The van der Waals surface area contributed by atoms with Crippen LogP contribution in [-0.2, 0) is 0 Å². The minimum Gasteiger partial charge on any atom is -0.288 e. The SMILES string of the molecule is Cc1nc2ccccc2nc1C(=O)NO. The van der Waals surface area contributed by atoms with E-state index in [1.807, 2.05) is 18.2 Å². The van der Waals surface area contributed by atoms with Gasteiger partial charge in [-0.05, 0) is 19.1 Å². The average molecular weight is 203 g/mol. The molecule has 1 amide bonds. The molecule has 0 aliphatic heterocycles. The highest BCUT2D eigenvalue weighted by molar-refractivity contribution is 5.94. The van der Waals surface area contributed by atoms with Crippen molar-refractivity contribution in [3.05, 3.63) is 35.7 Å². The van der Waals surface area contributed by atoms with E-state index < -0.39 is 5.91 Å². The third-order valence-electron chi connectivity index (χ3n) is 2.06. The predicted molar refractivity (Wildman–Crippen MR) is 53.5 cm³/mol. The van der Waals surface area contributed by atoms with Crippen molar-refractivity contribution in [3.8, 4) is 0 Å². The summed E-state index contributed by atoms with van der Waals surface area (Å²) in [5, 5.41) is 8.52. The number of fused-ring (bicyclic) bond motifs is 1. The largest absolute Gasteiger partial charge is 0.295 e. The van der Waals surface area contributed by atoms with Gasteiger partial charge in [0.05, 0.1) is 16.7 Å². The Kier molecular flexibility index (Phi) is 2.31. The molecule has 1 heterocycles. The smallest absolute Gasteiger partial charge is 0.288 e. The number of aryl methyl sites for hydroxylation is 1. The number of nitrogens with one attached hydrogen (secondary N) is 1. The lowest BCUT2D eigenvalue weighted by atomic mass is 10.2. The van der Waals surface area contributed by atoms with Crippen molar-refractivity contribution in [2.24, 2.45) is 0 Å². The topological polar surface area (TPSA) is 75.1 Å². The van der Waals surface area contributed by atoms with Gasteiger partial charge in [0.25, 0.3) is 5.91 Å². The zero-order valence-electron chi connectivity index (χ0n) is 8.06. The van der Waals surface area contributed by atoms with E-state index in [0.29, 0.717) is 11.2 Å². The molecule has 0 saturated carbocycles. The van der Waals surface area contributed by atoms with Crippen LogP contribution in [-0.4, -0.2) is 21.1 Å². The van der Waals surface area contributed by atoms with Crippen LogP contribution in [0.4, 0.5) is 0 Å². The zero-order chi connectivity index (χ0) is 10.8. The number of aromatic nitrogens is 2. The molecule has 1 aromatic heterocycles. The summed E-state index contributed by atoms with van der Waals surface area (Å²) < 4.78 is 0. The van der Waals surface area contributed by atoms with Crippen molar-refractivity contribution in [3.63, 3.8) is 0 Å². The Balaban J connectivity index is 2.67. The molecular formula is C10H9N3O2. The Morgan fingerprint density at radius 2 is 1.87 bits per heavy atom. The van der Waals surface area contributed by atoms with Crippen molar-refractivity contribution < 1.29 is 10.0 Å². The average Bonchev–Trinajstić information content (AvgIpc) is 2.27. The van der Waals surface area contributed by atoms with Crippen LogP contribution in [0.5, 0.6) is 0 Å². The zero-order valence-corrected chi connectivity index (χ0v) is 8.06. The summed E-state index contributed by atoms with van der Waals surface area (Å²) in [6.45, 7) is 1.67. The van der Waals surface area contributed by atoms with Crippen molar-refractivity contribution >= 4 is 16.9 Å². The number of hydroxylamine groups is 1. The number of hydrogen-bond donors (Lipinski definition) is 2. The van der Waals surface area contributed by atoms with Crippen molar-refractivity contribution in [2.45, 2.75) is 6.92 Å². The quantitative estimate of drug-likeness (QED) is 0.536. The summed E-state index contributed by atoms with van der Waals surface area (Å²) in [7, 11) is 0. The van der Waals surface area contributed by atoms with Crippen molar-refractivity contribution in [1.29, 1.82) is 0 Å². The first-order chi connectivity index (χ1) is 7.22.